The van der Waals surface area contributed by atoms with E-state index in [0.717, 1.165) is 24.1 Å². The number of benzene rings is 1. The van der Waals surface area contributed by atoms with Crippen LogP contribution >= 0.6 is 0 Å². The van der Waals surface area contributed by atoms with Crippen LogP contribution in [0.25, 0.3) is 0 Å². The Balaban J connectivity index is 1.81. The van der Waals surface area contributed by atoms with Gasteiger partial charge in [-0.1, -0.05) is 24.3 Å². The monoisotopic (exact) mass is 254 g/mol. The summed E-state index contributed by atoms with van der Waals surface area (Å²) < 4.78 is 7.77. The quantitative estimate of drug-likeness (QED) is 0.895. The predicted octanol–water partition coefficient (Wildman–Crippen LogP) is 2.81. The van der Waals surface area contributed by atoms with Gasteiger partial charge in [0.15, 0.2) is 0 Å². The lowest BCUT2D eigenvalue weighted by Gasteiger charge is -2.13. The highest BCUT2D eigenvalue weighted by Crippen LogP contribution is 2.29. The molecule has 3 nitrogen and oxygen atoms in total. The third-order valence-electron chi connectivity index (χ3n) is 3.43. The van der Waals surface area contributed by atoms with E-state index >= 15 is 0 Å². The lowest BCUT2D eigenvalue weighted by molar-refractivity contribution is 0.0936. The van der Waals surface area contributed by atoms with E-state index in [1.807, 2.05) is 13.1 Å². The molecule has 0 bridgehead atoms. The number of carbonyl (C=O) groups excluding carboxylic acids is 1. The Hall–Kier alpha value is -2.16. The molecule has 0 saturated heterocycles. The first-order valence-corrected chi connectivity index (χ1v) is 6.47. The SMILES string of the molecule is [3H]c1ccccc1C(=O)NC1CCc2cc(C)cnc21. The standard InChI is InChI=1S/C16H16N2O/c1-11-9-13-7-8-14(15(13)17-10-11)18-16(19)12-5-3-2-4-6-12/h2-6,9-10,14H,7-8H2,1H3,(H,18,19)/i5T. The molecule has 3 rings (SSSR count). The minimum Gasteiger partial charge on any atom is -0.344 e. The molecule has 0 radical (unpaired) electrons. The van der Waals surface area contributed by atoms with E-state index in [0.29, 0.717) is 5.56 Å². The van der Waals surface area contributed by atoms with Crippen LogP contribution in [0.4, 0.5) is 0 Å². The minimum atomic E-state index is -0.198. The van der Waals surface area contributed by atoms with Crippen molar-refractivity contribution in [3.8, 4) is 0 Å². The molecule has 0 fully saturated rings. The molecular formula is C16H16N2O. The zero-order chi connectivity index (χ0) is 14.1. The number of fused-ring (bicyclic) bond motifs is 1. The van der Waals surface area contributed by atoms with Gasteiger partial charge in [0.1, 0.15) is 0 Å². The molecule has 1 aromatic heterocycles. The van der Waals surface area contributed by atoms with Crippen molar-refractivity contribution in [3.63, 3.8) is 0 Å². The van der Waals surface area contributed by atoms with Crippen molar-refractivity contribution >= 4 is 5.91 Å². The number of amides is 1. The second-order valence-corrected chi connectivity index (χ2v) is 4.90. The van der Waals surface area contributed by atoms with Crippen molar-refractivity contribution in [2.45, 2.75) is 25.8 Å². The first kappa shape index (κ1) is 10.7. The summed E-state index contributed by atoms with van der Waals surface area (Å²) in [7, 11) is 0. The summed E-state index contributed by atoms with van der Waals surface area (Å²) >= 11 is 0. The first-order valence-electron chi connectivity index (χ1n) is 6.97. The van der Waals surface area contributed by atoms with Crippen molar-refractivity contribution in [3.05, 3.63) is 65.0 Å². The van der Waals surface area contributed by atoms with Crippen molar-refractivity contribution in [1.82, 2.24) is 10.3 Å². The summed E-state index contributed by atoms with van der Waals surface area (Å²) in [4.78, 5) is 16.7. The molecule has 3 heteroatoms. The van der Waals surface area contributed by atoms with Gasteiger partial charge in [0.25, 0.3) is 5.91 Å². The maximum Gasteiger partial charge on any atom is 0.251 e. The molecule has 1 amide bonds. The molecule has 0 aliphatic heterocycles. The average Bonchev–Trinajstić information content (AvgIpc) is 2.81. The lowest BCUT2D eigenvalue weighted by Crippen LogP contribution is -2.27. The summed E-state index contributed by atoms with van der Waals surface area (Å²) in [5.41, 5.74) is 3.74. The zero-order valence-electron chi connectivity index (χ0n) is 11.8. The molecule has 0 saturated carbocycles. The van der Waals surface area contributed by atoms with E-state index in [-0.39, 0.29) is 18.0 Å². The largest absolute Gasteiger partial charge is 0.344 e. The molecule has 1 unspecified atom stereocenters. The van der Waals surface area contributed by atoms with Gasteiger partial charge >= 0.3 is 0 Å². The molecule has 19 heavy (non-hydrogen) atoms. The maximum absolute atomic E-state index is 12.2. The Morgan fingerprint density at radius 2 is 2.37 bits per heavy atom. The van der Waals surface area contributed by atoms with Crippen molar-refractivity contribution < 1.29 is 6.17 Å². The van der Waals surface area contributed by atoms with Crippen molar-refractivity contribution in [1.29, 1.82) is 0 Å². The Morgan fingerprint density at radius 1 is 1.47 bits per heavy atom. The molecule has 1 heterocycles. The van der Waals surface area contributed by atoms with E-state index in [1.165, 1.54) is 5.56 Å². The molecule has 0 spiro atoms. The number of nitrogens with zero attached hydrogens (tertiary/aromatic N) is 1. The van der Waals surface area contributed by atoms with Gasteiger partial charge in [-0.05, 0) is 43.0 Å². The van der Waals surface area contributed by atoms with Gasteiger partial charge in [-0.3, -0.25) is 9.78 Å². The van der Waals surface area contributed by atoms with E-state index in [9.17, 15) is 4.79 Å². The summed E-state index contributed by atoms with van der Waals surface area (Å²) in [6.07, 6.45) is 3.65. The number of hydrogen-bond acceptors (Lipinski definition) is 2. The van der Waals surface area contributed by atoms with Crippen molar-refractivity contribution in [2.24, 2.45) is 0 Å². The van der Waals surface area contributed by atoms with Crippen LogP contribution in [0.5, 0.6) is 0 Å². The Labute approximate surface area is 114 Å². The number of pyridine rings is 1. The second-order valence-electron chi connectivity index (χ2n) is 4.90. The molecule has 96 valence electrons. The van der Waals surface area contributed by atoms with Crippen LogP contribution in [0.2, 0.25) is 0 Å². The van der Waals surface area contributed by atoms with Gasteiger partial charge in [-0.25, -0.2) is 0 Å². The second kappa shape index (κ2) is 4.84. The lowest BCUT2D eigenvalue weighted by atomic mass is 10.1. The highest BCUT2D eigenvalue weighted by molar-refractivity contribution is 5.94. The minimum absolute atomic E-state index is 0.0438. The van der Waals surface area contributed by atoms with Gasteiger partial charge in [0.2, 0.25) is 0 Å². The number of carbonyl (C=O) groups is 1. The maximum atomic E-state index is 12.2. The van der Waals surface area contributed by atoms with Crippen LogP contribution < -0.4 is 5.32 Å². The normalized spacial score (nSPS) is 17.7. The summed E-state index contributed by atoms with van der Waals surface area (Å²) in [6, 6.07) is 9.17. The molecule has 2 aromatic rings. The van der Waals surface area contributed by atoms with Crippen LogP contribution in [0.1, 0.15) is 41.0 Å². The van der Waals surface area contributed by atoms with Crippen LogP contribution in [-0.4, -0.2) is 10.9 Å². The van der Waals surface area contributed by atoms with E-state index < -0.39 is 0 Å². The Bertz CT molecular complexity index is 669. The van der Waals surface area contributed by atoms with Gasteiger partial charge in [-0.15, -0.1) is 0 Å². The number of nitrogens with one attached hydrogen (secondary N) is 1. The fourth-order valence-electron chi connectivity index (χ4n) is 2.50. The molecule has 1 aromatic carbocycles. The van der Waals surface area contributed by atoms with Crippen LogP contribution in [0.15, 0.2) is 42.6 Å². The molecular weight excluding hydrogens is 236 g/mol. The van der Waals surface area contributed by atoms with Crippen LogP contribution in [-0.2, 0) is 6.42 Å². The number of aryl methyl sites for hydroxylation is 2. The van der Waals surface area contributed by atoms with Gasteiger partial charge in [0.05, 0.1) is 13.1 Å². The Morgan fingerprint density at radius 3 is 3.21 bits per heavy atom. The van der Waals surface area contributed by atoms with Gasteiger partial charge in [-0.2, -0.15) is 0 Å². The highest BCUT2D eigenvalue weighted by Gasteiger charge is 2.25. The molecule has 1 aliphatic rings. The van der Waals surface area contributed by atoms with Crippen molar-refractivity contribution in [2.75, 3.05) is 0 Å². The summed E-state index contributed by atoms with van der Waals surface area (Å²) in [5.74, 6) is -0.198. The van der Waals surface area contributed by atoms with Crippen LogP contribution in [0, 0.1) is 6.92 Å². The fourth-order valence-corrected chi connectivity index (χ4v) is 2.50. The summed E-state index contributed by atoms with van der Waals surface area (Å²) in [6.45, 7) is 2.02. The average molecular weight is 254 g/mol. The van der Waals surface area contributed by atoms with E-state index in [1.54, 1.807) is 24.3 Å². The van der Waals surface area contributed by atoms with Crippen LogP contribution in [0.3, 0.4) is 0 Å². The molecule has 1 N–H and O–H groups in total. The van der Waals surface area contributed by atoms with Gasteiger partial charge < -0.3 is 5.32 Å². The smallest absolute Gasteiger partial charge is 0.251 e. The first-order chi connectivity index (χ1) is 9.65. The zero-order valence-corrected chi connectivity index (χ0v) is 10.8. The number of rotatable bonds is 2. The van der Waals surface area contributed by atoms with E-state index in [4.69, 9.17) is 1.37 Å². The molecule has 1 atom stereocenters. The van der Waals surface area contributed by atoms with E-state index in [2.05, 4.69) is 16.4 Å². The highest BCUT2D eigenvalue weighted by atomic mass is 16.1. The number of hydrogen-bond donors (Lipinski definition) is 1. The predicted molar refractivity (Wildman–Crippen MR) is 73.9 cm³/mol. The van der Waals surface area contributed by atoms with Gasteiger partial charge in [0, 0.05) is 11.8 Å². The molecule has 1 aliphatic carbocycles. The Kier molecular flexibility index (Phi) is 2.74. The summed E-state index contributed by atoms with van der Waals surface area (Å²) in [5, 5.41) is 2.99. The third-order valence-corrected chi connectivity index (χ3v) is 3.43. The third kappa shape index (κ3) is 2.36. The fraction of sp³-hybridized carbons (Fsp3) is 0.250. The topological polar surface area (TPSA) is 42.0 Å². The number of aromatic nitrogens is 1.